The fraction of sp³-hybridized carbons (Fsp3) is 0.500. The molecule has 0 aromatic heterocycles. The van der Waals surface area contributed by atoms with Crippen molar-refractivity contribution in [2.24, 2.45) is 0 Å². The number of rotatable bonds is 0. The molecule has 80 valence electrons. The summed E-state index contributed by atoms with van der Waals surface area (Å²) in [6.45, 7) is 2.02. The van der Waals surface area contributed by atoms with Gasteiger partial charge >= 0.3 is 0 Å². The van der Waals surface area contributed by atoms with Crippen molar-refractivity contribution in [3.8, 4) is 11.5 Å². The second-order valence-electron chi connectivity index (χ2n) is 4.47. The summed E-state index contributed by atoms with van der Waals surface area (Å²) in [5, 5.41) is 13.1. The molecule has 1 fully saturated rings. The van der Waals surface area contributed by atoms with E-state index in [4.69, 9.17) is 4.74 Å². The maximum Gasteiger partial charge on any atom is 0.127 e. The van der Waals surface area contributed by atoms with E-state index in [-0.39, 0.29) is 5.60 Å². The number of nitrogens with one attached hydrogen (secondary N) is 1. The number of hydrogen-bond donors (Lipinski definition) is 2. The molecule has 1 spiro atoms. The van der Waals surface area contributed by atoms with Crippen LogP contribution in [-0.4, -0.2) is 23.8 Å². The number of phenolic OH excluding ortho intramolecular Hbond substituents is 1. The highest BCUT2D eigenvalue weighted by Gasteiger charge is 2.41. The first kappa shape index (κ1) is 9.04. The van der Waals surface area contributed by atoms with E-state index in [1.54, 1.807) is 6.07 Å². The Bertz CT molecular complexity index is 383. The van der Waals surface area contributed by atoms with Gasteiger partial charge in [-0.1, -0.05) is 6.07 Å². The second-order valence-corrected chi connectivity index (χ2v) is 4.47. The van der Waals surface area contributed by atoms with Gasteiger partial charge in [0.25, 0.3) is 0 Å². The zero-order valence-electron chi connectivity index (χ0n) is 8.62. The van der Waals surface area contributed by atoms with Crippen molar-refractivity contribution in [1.82, 2.24) is 5.32 Å². The topological polar surface area (TPSA) is 41.5 Å². The number of benzene rings is 1. The summed E-state index contributed by atoms with van der Waals surface area (Å²) in [5.41, 5.74) is 0.936. The molecule has 3 nitrogen and oxygen atoms in total. The number of hydrogen-bond acceptors (Lipinski definition) is 3. The van der Waals surface area contributed by atoms with Crippen LogP contribution in [0.3, 0.4) is 0 Å². The number of piperidine rings is 1. The van der Waals surface area contributed by atoms with E-state index in [1.807, 2.05) is 12.1 Å². The Labute approximate surface area is 89.1 Å². The Balaban J connectivity index is 1.94. The van der Waals surface area contributed by atoms with Crippen LogP contribution in [0, 0.1) is 0 Å². The minimum absolute atomic E-state index is 0.0492. The van der Waals surface area contributed by atoms with Crippen molar-refractivity contribution in [3.05, 3.63) is 23.8 Å². The average Bonchev–Trinajstić information content (AvgIpc) is 2.59. The van der Waals surface area contributed by atoms with E-state index >= 15 is 0 Å². The first-order valence-corrected chi connectivity index (χ1v) is 5.50. The van der Waals surface area contributed by atoms with E-state index in [0.29, 0.717) is 5.75 Å². The third-order valence-electron chi connectivity index (χ3n) is 3.45. The van der Waals surface area contributed by atoms with Crippen LogP contribution < -0.4 is 10.1 Å². The molecule has 0 unspecified atom stereocenters. The summed E-state index contributed by atoms with van der Waals surface area (Å²) < 4.78 is 6.02. The van der Waals surface area contributed by atoms with Gasteiger partial charge < -0.3 is 15.2 Å². The van der Waals surface area contributed by atoms with E-state index in [2.05, 4.69) is 5.32 Å². The molecule has 2 heterocycles. The Morgan fingerprint density at radius 3 is 2.80 bits per heavy atom. The predicted molar refractivity (Wildman–Crippen MR) is 57.3 cm³/mol. The minimum atomic E-state index is -0.0492. The van der Waals surface area contributed by atoms with Gasteiger partial charge in [0.15, 0.2) is 0 Å². The van der Waals surface area contributed by atoms with Gasteiger partial charge in [-0.05, 0) is 38.1 Å². The van der Waals surface area contributed by atoms with Crippen molar-refractivity contribution in [1.29, 1.82) is 0 Å². The maximum absolute atomic E-state index is 9.75. The first-order valence-electron chi connectivity index (χ1n) is 5.50. The maximum atomic E-state index is 9.75. The quantitative estimate of drug-likeness (QED) is 0.673. The second kappa shape index (κ2) is 3.14. The molecular weight excluding hydrogens is 190 g/mol. The fourth-order valence-electron chi connectivity index (χ4n) is 2.58. The van der Waals surface area contributed by atoms with Crippen LogP contribution in [0.1, 0.15) is 18.4 Å². The van der Waals surface area contributed by atoms with Gasteiger partial charge in [-0.2, -0.15) is 0 Å². The summed E-state index contributed by atoms with van der Waals surface area (Å²) in [6, 6.07) is 5.53. The van der Waals surface area contributed by atoms with Crippen molar-refractivity contribution >= 4 is 0 Å². The molecule has 1 aromatic rings. The van der Waals surface area contributed by atoms with Gasteiger partial charge in [0.05, 0.1) is 0 Å². The number of aromatic hydroxyl groups is 1. The SMILES string of the molecule is Oc1cccc2c1CC1(CCNCC1)O2. The lowest BCUT2D eigenvalue weighted by Gasteiger charge is -2.33. The van der Waals surface area contributed by atoms with Crippen molar-refractivity contribution in [2.75, 3.05) is 13.1 Å². The Morgan fingerprint density at radius 1 is 1.27 bits per heavy atom. The van der Waals surface area contributed by atoms with Crippen molar-refractivity contribution in [3.63, 3.8) is 0 Å². The molecule has 1 saturated heterocycles. The predicted octanol–water partition coefficient (Wildman–Crippen LogP) is 1.45. The van der Waals surface area contributed by atoms with Gasteiger partial charge in [0.2, 0.25) is 0 Å². The van der Waals surface area contributed by atoms with Crippen molar-refractivity contribution < 1.29 is 9.84 Å². The van der Waals surface area contributed by atoms with Crippen LogP contribution in [0.2, 0.25) is 0 Å². The molecule has 3 rings (SSSR count). The molecule has 2 N–H and O–H groups in total. The van der Waals surface area contributed by atoms with Gasteiger partial charge in [0.1, 0.15) is 17.1 Å². The summed E-state index contributed by atoms with van der Waals surface area (Å²) in [6.07, 6.45) is 2.92. The van der Waals surface area contributed by atoms with Crippen LogP contribution in [0.5, 0.6) is 11.5 Å². The Kier molecular flexibility index (Phi) is 1.89. The third kappa shape index (κ3) is 1.38. The van der Waals surface area contributed by atoms with E-state index < -0.39 is 0 Å². The monoisotopic (exact) mass is 205 g/mol. The number of ether oxygens (including phenoxy) is 1. The number of fused-ring (bicyclic) bond motifs is 1. The van der Waals surface area contributed by atoms with Crippen LogP contribution in [0.4, 0.5) is 0 Å². The Morgan fingerprint density at radius 2 is 2.07 bits per heavy atom. The molecule has 1 aromatic carbocycles. The van der Waals surface area contributed by atoms with Crippen molar-refractivity contribution in [2.45, 2.75) is 24.9 Å². The van der Waals surface area contributed by atoms with E-state index in [1.165, 1.54) is 0 Å². The molecule has 0 saturated carbocycles. The highest BCUT2D eigenvalue weighted by atomic mass is 16.5. The van der Waals surface area contributed by atoms with Gasteiger partial charge in [0, 0.05) is 12.0 Å². The highest BCUT2D eigenvalue weighted by Crippen LogP contribution is 2.43. The molecule has 3 heteroatoms. The van der Waals surface area contributed by atoms with E-state index in [0.717, 1.165) is 43.7 Å². The molecule has 0 bridgehead atoms. The van der Waals surface area contributed by atoms with Crippen LogP contribution in [-0.2, 0) is 6.42 Å². The summed E-state index contributed by atoms with van der Waals surface area (Å²) in [4.78, 5) is 0. The normalized spacial score (nSPS) is 22.4. The fourth-order valence-corrected chi connectivity index (χ4v) is 2.58. The van der Waals surface area contributed by atoms with Gasteiger partial charge in [-0.25, -0.2) is 0 Å². The summed E-state index contributed by atoms with van der Waals surface area (Å²) in [7, 11) is 0. The van der Waals surface area contributed by atoms with Crippen LogP contribution in [0.15, 0.2) is 18.2 Å². The number of phenols is 1. The van der Waals surface area contributed by atoms with E-state index in [9.17, 15) is 5.11 Å². The molecule has 0 radical (unpaired) electrons. The lowest BCUT2D eigenvalue weighted by Crippen LogP contribution is -2.45. The summed E-state index contributed by atoms with van der Waals surface area (Å²) in [5.74, 6) is 1.25. The lowest BCUT2D eigenvalue weighted by atomic mass is 9.88. The molecule has 15 heavy (non-hydrogen) atoms. The third-order valence-corrected chi connectivity index (χ3v) is 3.45. The zero-order valence-corrected chi connectivity index (χ0v) is 8.62. The standard InChI is InChI=1S/C12H15NO2/c14-10-2-1-3-11-9(10)8-12(15-11)4-6-13-7-5-12/h1-3,13-14H,4-8H2. The molecule has 2 aliphatic heterocycles. The molecular formula is C12H15NO2. The van der Waals surface area contributed by atoms with Gasteiger partial charge in [-0.3, -0.25) is 0 Å². The first-order chi connectivity index (χ1) is 7.29. The van der Waals surface area contributed by atoms with Crippen LogP contribution in [0.25, 0.3) is 0 Å². The molecule has 0 aliphatic carbocycles. The van der Waals surface area contributed by atoms with Gasteiger partial charge in [-0.15, -0.1) is 0 Å². The molecule has 0 atom stereocenters. The molecule has 2 aliphatic rings. The molecule has 0 amide bonds. The average molecular weight is 205 g/mol. The lowest BCUT2D eigenvalue weighted by molar-refractivity contribution is 0.0599. The van der Waals surface area contributed by atoms with Crippen LogP contribution >= 0.6 is 0 Å². The summed E-state index contributed by atoms with van der Waals surface area (Å²) >= 11 is 0. The minimum Gasteiger partial charge on any atom is -0.508 e. The zero-order chi connectivity index (χ0) is 10.3. The smallest absolute Gasteiger partial charge is 0.127 e. The largest absolute Gasteiger partial charge is 0.508 e. The Hall–Kier alpha value is -1.22. The highest BCUT2D eigenvalue weighted by molar-refractivity contribution is 5.48.